The zero-order valence-corrected chi connectivity index (χ0v) is 14.3. The molecule has 0 spiro atoms. The number of nitro benzene ring substituents is 1. The molecule has 27 heavy (non-hydrogen) atoms. The van der Waals surface area contributed by atoms with Gasteiger partial charge in [0, 0.05) is 6.07 Å². The van der Waals surface area contributed by atoms with Gasteiger partial charge in [0.05, 0.1) is 26.8 Å². The Morgan fingerprint density at radius 2 is 1.85 bits per heavy atom. The van der Waals surface area contributed by atoms with Crippen LogP contribution >= 0.6 is 11.6 Å². The van der Waals surface area contributed by atoms with E-state index >= 15 is 0 Å². The Kier molecular flexibility index (Phi) is 4.91. The molecule has 0 aliphatic rings. The summed E-state index contributed by atoms with van der Waals surface area (Å²) < 4.78 is 5.44. The van der Waals surface area contributed by atoms with Gasteiger partial charge in [0.25, 0.3) is 11.6 Å². The quantitative estimate of drug-likeness (QED) is 0.493. The molecule has 2 aromatic carbocycles. The fourth-order valence-corrected chi connectivity index (χ4v) is 2.55. The molecule has 8 nitrogen and oxygen atoms in total. The molecular weight excluding hydrogens is 376 g/mol. The van der Waals surface area contributed by atoms with Crippen molar-refractivity contribution in [1.82, 2.24) is 0 Å². The highest BCUT2D eigenvalue weighted by molar-refractivity contribution is 6.34. The minimum atomic E-state index is -1.17. The molecule has 1 amide bonds. The highest BCUT2D eigenvalue weighted by Gasteiger charge is 2.20. The highest BCUT2D eigenvalue weighted by Crippen LogP contribution is 2.31. The van der Waals surface area contributed by atoms with E-state index in [9.17, 15) is 19.7 Å². The zero-order valence-electron chi connectivity index (χ0n) is 13.5. The highest BCUT2D eigenvalue weighted by atomic mass is 35.5. The van der Waals surface area contributed by atoms with Crippen LogP contribution in [0.15, 0.2) is 59.0 Å². The number of carbonyl (C=O) groups excluding carboxylic acids is 1. The number of nitrogens with zero attached hydrogens (tertiary/aromatic N) is 1. The van der Waals surface area contributed by atoms with Crippen LogP contribution in [0.3, 0.4) is 0 Å². The normalized spacial score (nSPS) is 10.4. The average molecular weight is 387 g/mol. The van der Waals surface area contributed by atoms with Gasteiger partial charge in [-0.1, -0.05) is 23.7 Å². The lowest BCUT2D eigenvalue weighted by Crippen LogP contribution is -2.12. The minimum Gasteiger partial charge on any atom is -0.478 e. The molecule has 3 aromatic rings. The van der Waals surface area contributed by atoms with Crippen LogP contribution < -0.4 is 5.32 Å². The van der Waals surface area contributed by atoms with Crippen molar-refractivity contribution < 1.29 is 24.0 Å². The predicted octanol–water partition coefficient (Wildman–Crippen LogP) is 4.46. The topological polar surface area (TPSA) is 123 Å². The summed E-state index contributed by atoms with van der Waals surface area (Å²) in [5.41, 5.74) is 0.128. The SMILES string of the molecule is O=C(O)c1ccc(Cl)c(NC(=O)c2ccc(-c3ccccc3[N+](=O)[O-])o2)c1. The lowest BCUT2D eigenvalue weighted by molar-refractivity contribution is -0.384. The molecule has 0 saturated carbocycles. The molecule has 0 atom stereocenters. The number of para-hydroxylation sites is 1. The molecule has 0 aliphatic carbocycles. The molecular formula is C18H11ClN2O6. The number of benzene rings is 2. The largest absolute Gasteiger partial charge is 0.478 e. The minimum absolute atomic E-state index is 0.0465. The first kappa shape index (κ1) is 18.2. The van der Waals surface area contributed by atoms with Crippen LogP contribution in [0.4, 0.5) is 11.4 Å². The number of rotatable bonds is 5. The number of anilines is 1. The first-order chi connectivity index (χ1) is 12.9. The van der Waals surface area contributed by atoms with E-state index in [1.54, 1.807) is 6.07 Å². The van der Waals surface area contributed by atoms with Gasteiger partial charge in [-0.25, -0.2) is 4.79 Å². The second-order valence-corrected chi connectivity index (χ2v) is 5.80. The Bertz CT molecular complexity index is 1060. The first-order valence-corrected chi connectivity index (χ1v) is 7.92. The van der Waals surface area contributed by atoms with Gasteiger partial charge >= 0.3 is 5.97 Å². The monoisotopic (exact) mass is 386 g/mol. The van der Waals surface area contributed by atoms with Crippen LogP contribution in [0.2, 0.25) is 5.02 Å². The summed E-state index contributed by atoms with van der Waals surface area (Å²) >= 11 is 5.98. The summed E-state index contributed by atoms with van der Waals surface area (Å²) in [6.07, 6.45) is 0. The fourth-order valence-electron chi connectivity index (χ4n) is 2.38. The van der Waals surface area contributed by atoms with Crippen LogP contribution in [0.25, 0.3) is 11.3 Å². The van der Waals surface area contributed by atoms with Crippen LogP contribution in [-0.2, 0) is 0 Å². The maximum Gasteiger partial charge on any atom is 0.335 e. The van der Waals surface area contributed by atoms with Crippen molar-refractivity contribution in [1.29, 1.82) is 0 Å². The lowest BCUT2D eigenvalue weighted by Gasteiger charge is -2.07. The van der Waals surface area contributed by atoms with E-state index in [2.05, 4.69) is 5.32 Å². The Hall–Kier alpha value is -3.65. The second-order valence-electron chi connectivity index (χ2n) is 5.39. The zero-order chi connectivity index (χ0) is 19.6. The Morgan fingerprint density at radius 3 is 2.56 bits per heavy atom. The van der Waals surface area contributed by atoms with Crippen LogP contribution in [0.5, 0.6) is 0 Å². The van der Waals surface area contributed by atoms with Crippen molar-refractivity contribution in [3.63, 3.8) is 0 Å². The maximum absolute atomic E-state index is 12.4. The molecule has 0 bridgehead atoms. The smallest absolute Gasteiger partial charge is 0.335 e. The Morgan fingerprint density at radius 1 is 1.11 bits per heavy atom. The van der Waals surface area contributed by atoms with E-state index in [0.717, 1.165) is 0 Å². The van der Waals surface area contributed by atoms with Crippen LogP contribution in [0.1, 0.15) is 20.9 Å². The molecule has 0 aliphatic heterocycles. The van der Waals surface area contributed by atoms with E-state index in [0.29, 0.717) is 0 Å². The lowest BCUT2D eigenvalue weighted by atomic mass is 10.1. The number of furan rings is 1. The van der Waals surface area contributed by atoms with Gasteiger partial charge in [0.1, 0.15) is 5.76 Å². The van der Waals surface area contributed by atoms with Gasteiger partial charge < -0.3 is 14.8 Å². The van der Waals surface area contributed by atoms with Crippen molar-refractivity contribution in [2.45, 2.75) is 0 Å². The molecule has 0 saturated heterocycles. The number of carboxylic acid groups (broad SMARTS) is 1. The van der Waals surface area contributed by atoms with E-state index < -0.39 is 16.8 Å². The molecule has 9 heteroatoms. The third kappa shape index (κ3) is 3.80. The van der Waals surface area contributed by atoms with Gasteiger partial charge in [-0.2, -0.15) is 0 Å². The molecule has 1 aromatic heterocycles. The molecule has 1 heterocycles. The molecule has 0 fully saturated rings. The second kappa shape index (κ2) is 7.30. The van der Waals surface area contributed by atoms with E-state index in [1.807, 2.05) is 0 Å². The fraction of sp³-hybridized carbons (Fsp3) is 0. The summed E-state index contributed by atoms with van der Waals surface area (Å²) in [6, 6.07) is 12.6. The maximum atomic E-state index is 12.4. The number of carboxylic acids is 1. The summed E-state index contributed by atoms with van der Waals surface area (Å²) in [5.74, 6) is -1.80. The van der Waals surface area contributed by atoms with Gasteiger partial charge in [-0.15, -0.1) is 0 Å². The molecule has 2 N–H and O–H groups in total. The third-order valence-electron chi connectivity index (χ3n) is 3.66. The molecule has 3 rings (SSSR count). The number of amides is 1. The standard InChI is InChI=1S/C18H11ClN2O6/c19-12-6-5-10(18(23)24)9-13(12)20-17(22)16-8-7-15(27-16)11-3-1-2-4-14(11)21(25)26/h1-9H,(H,20,22)(H,23,24). The summed E-state index contributed by atoms with van der Waals surface area (Å²) in [5, 5.41) is 22.8. The van der Waals surface area contributed by atoms with Crippen molar-refractivity contribution in [3.05, 3.63) is 81.1 Å². The molecule has 0 radical (unpaired) electrons. The molecule has 136 valence electrons. The van der Waals surface area contributed by atoms with Gasteiger partial charge in [-0.05, 0) is 36.4 Å². The average Bonchev–Trinajstić information content (AvgIpc) is 3.13. The number of halogens is 1. The van der Waals surface area contributed by atoms with Gasteiger partial charge in [-0.3, -0.25) is 14.9 Å². The van der Waals surface area contributed by atoms with E-state index in [-0.39, 0.29) is 39.0 Å². The van der Waals surface area contributed by atoms with E-state index in [1.165, 1.54) is 48.5 Å². The van der Waals surface area contributed by atoms with Crippen LogP contribution in [-0.4, -0.2) is 21.9 Å². The van der Waals surface area contributed by atoms with E-state index in [4.69, 9.17) is 21.1 Å². The third-order valence-corrected chi connectivity index (χ3v) is 3.99. The predicted molar refractivity (Wildman–Crippen MR) is 97.2 cm³/mol. The Balaban J connectivity index is 1.88. The summed E-state index contributed by atoms with van der Waals surface area (Å²) in [4.78, 5) is 34.0. The number of nitrogens with one attached hydrogen (secondary N) is 1. The Labute approximate surface area is 157 Å². The number of hydrogen-bond donors (Lipinski definition) is 2. The number of aromatic carboxylic acids is 1. The van der Waals surface area contributed by atoms with Gasteiger partial charge in [0.2, 0.25) is 0 Å². The molecule has 0 unspecified atom stereocenters. The van der Waals surface area contributed by atoms with Gasteiger partial charge in [0.15, 0.2) is 5.76 Å². The summed E-state index contributed by atoms with van der Waals surface area (Å²) in [6.45, 7) is 0. The van der Waals surface area contributed by atoms with Crippen LogP contribution in [0, 0.1) is 10.1 Å². The number of nitro groups is 1. The first-order valence-electron chi connectivity index (χ1n) is 7.54. The van der Waals surface area contributed by atoms with Crippen molar-refractivity contribution in [2.75, 3.05) is 5.32 Å². The van der Waals surface area contributed by atoms with Crippen molar-refractivity contribution >= 4 is 34.9 Å². The number of carbonyl (C=O) groups is 2. The summed E-state index contributed by atoms with van der Waals surface area (Å²) in [7, 11) is 0. The number of hydrogen-bond acceptors (Lipinski definition) is 5. The van der Waals surface area contributed by atoms with Crippen molar-refractivity contribution in [3.8, 4) is 11.3 Å². The van der Waals surface area contributed by atoms with Crippen molar-refractivity contribution in [2.24, 2.45) is 0 Å².